The maximum absolute atomic E-state index is 5.42. The number of nitrogens with zero attached hydrogens (tertiary/aromatic N) is 9. The zero-order valence-corrected chi connectivity index (χ0v) is 36.4. The number of pyridine rings is 1. The molecule has 5 aromatic heterocycles. The lowest BCUT2D eigenvalue weighted by Crippen LogP contribution is -2.07. The van der Waals surface area contributed by atoms with Gasteiger partial charge in [-0.3, -0.25) is 9.13 Å². The number of hydrogen-bond acceptors (Lipinski definition) is 7. The molecule has 0 amide bonds. The third kappa shape index (κ3) is 6.68. The Morgan fingerprint density at radius 3 is 1.16 bits per heavy atom. The molecule has 68 heavy (non-hydrogen) atoms. The minimum Gasteiger partial charge on any atom is -0.292 e. The Labute approximate surface area is 390 Å². The van der Waals surface area contributed by atoms with E-state index in [1.807, 2.05) is 127 Å². The van der Waals surface area contributed by atoms with Crippen LogP contribution in [0.25, 0.3) is 124 Å². The largest absolute Gasteiger partial charge is 0.292 e. The third-order valence-electron chi connectivity index (χ3n) is 12.4. The molecule has 0 aliphatic carbocycles. The third-order valence-corrected chi connectivity index (χ3v) is 12.4. The number of hydrogen-bond donors (Lipinski definition) is 0. The zero-order valence-electron chi connectivity index (χ0n) is 36.4. The predicted molar refractivity (Wildman–Crippen MR) is 272 cm³/mol. The summed E-state index contributed by atoms with van der Waals surface area (Å²) in [7, 11) is 0. The molecule has 13 aromatic rings. The minimum absolute atomic E-state index is 0.485. The molecule has 0 radical (unpaired) electrons. The standard InChI is InChI=1S/C59H37N9/c1-5-19-38(20-6-1)48-31-18-34-51(60-48)67-49-32-15-13-29-44(49)46-35-36-47-45-30-14-16-33-50(45)68(53(47)52(46)67)59-65-56(41-25-11-4-12-26-41)64-58(66-59)43-28-17-27-42(37-43)57-62-54(39-21-7-2-8-22-39)61-55(63-57)40-23-9-3-10-24-40/h1-37H. The topological polar surface area (TPSA) is 100 Å². The summed E-state index contributed by atoms with van der Waals surface area (Å²) in [4.78, 5) is 36.3. The van der Waals surface area contributed by atoms with E-state index in [1.165, 1.54) is 0 Å². The molecule has 0 atom stereocenters. The van der Waals surface area contributed by atoms with Crippen molar-refractivity contribution in [2.75, 3.05) is 0 Å². The molecule has 0 spiro atoms. The van der Waals surface area contributed by atoms with Gasteiger partial charge in [-0.2, -0.15) is 9.97 Å². The van der Waals surface area contributed by atoms with Crippen molar-refractivity contribution in [1.82, 2.24) is 44.0 Å². The van der Waals surface area contributed by atoms with Crippen molar-refractivity contribution in [3.63, 3.8) is 0 Å². The van der Waals surface area contributed by atoms with E-state index in [4.69, 9.17) is 34.9 Å². The normalized spacial score (nSPS) is 11.5. The van der Waals surface area contributed by atoms with Crippen LogP contribution in [0.1, 0.15) is 0 Å². The summed E-state index contributed by atoms with van der Waals surface area (Å²) in [6, 6.07) is 76.3. The first kappa shape index (κ1) is 38.9. The summed E-state index contributed by atoms with van der Waals surface area (Å²) in [5.74, 6) is 4.07. The fourth-order valence-corrected chi connectivity index (χ4v) is 9.31. The van der Waals surface area contributed by atoms with Crippen LogP contribution in [0.4, 0.5) is 0 Å². The van der Waals surface area contributed by atoms with Gasteiger partial charge in [-0.15, -0.1) is 0 Å². The second-order valence-corrected chi connectivity index (χ2v) is 16.6. The summed E-state index contributed by atoms with van der Waals surface area (Å²) in [6.45, 7) is 0. The molecule has 0 fully saturated rings. The van der Waals surface area contributed by atoms with Gasteiger partial charge in [0.2, 0.25) is 5.95 Å². The van der Waals surface area contributed by atoms with Gasteiger partial charge >= 0.3 is 0 Å². The number of fused-ring (bicyclic) bond motifs is 7. The van der Waals surface area contributed by atoms with E-state index >= 15 is 0 Å². The van der Waals surface area contributed by atoms with Crippen molar-refractivity contribution in [1.29, 1.82) is 0 Å². The number of aromatic nitrogens is 9. The summed E-state index contributed by atoms with van der Waals surface area (Å²) >= 11 is 0. The van der Waals surface area contributed by atoms with Crippen molar-refractivity contribution in [2.45, 2.75) is 0 Å². The van der Waals surface area contributed by atoms with E-state index in [-0.39, 0.29) is 0 Å². The van der Waals surface area contributed by atoms with Gasteiger partial charge in [0.05, 0.1) is 27.8 Å². The predicted octanol–water partition coefficient (Wildman–Crippen LogP) is 13.6. The molecule has 0 N–H and O–H groups in total. The average Bonchev–Trinajstić information content (AvgIpc) is 3.95. The SMILES string of the molecule is c1ccc(-c2cccc(-n3c4ccccc4c4ccc5c6ccccc6n(-c6nc(-c7ccccc7)nc(-c7cccc(-c8nc(-c9ccccc9)nc(-c9ccccc9)n8)c7)n6)c5c43)n2)cc1. The number of para-hydroxylation sites is 2. The molecule has 0 aliphatic heterocycles. The molecule has 9 heteroatoms. The fraction of sp³-hybridized carbons (Fsp3) is 0. The Morgan fingerprint density at radius 1 is 0.250 bits per heavy atom. The van der Waals surface area contributed by atoms with Crippen LogP contribution in [-0.4, -0.2) is 44.0 Å². The van der Waals surface area contributed by atoms with Crippen LogP contribution >= 0.6 is 0 Å². The van der Waals surface area contributed by atoms with Gasteiger partial charge in [0.1, 0.15) is 5.82 Å². The smallest absolute Gasteiger partial charge is 0.238 e. The highest BCUT2D eigenvalue weighted by Gasteiger charge is 2.24. The summed E-state index contributed by atoms with van der Waals surface area (Å²) < 4.78 is 4.50. The van der Waals surface area contributed by atoms with Crippen LogP contribution in [0.5, 0.6) is 0 Å². The van der Waals surface area contributed by atoms with Crippen molar-refractivity contribution < 1.29 is 0 Å². The second-order valence-electron chi connectivity index (χ2n) is 16.6. The lowest BCUT2D eigenvalue weighted by molar-refractivity contribution is 0.952. The van der Waals surface area contributed by atoms with Crippen molar-refractivity contribution in [3.05, 3.63) is 224 Å². The molecule has 0 bridgehead atoms. The van der Waals surface area contributed by atoms with Crippen LogP contribution in [-0.2, 0) is 0 Å². The average molecular weight is 872 g/mol. The molecule has 0 saturated heterocycles. The number of rotatable bonds is 8. The lowest BCUT2D eigenvalue weighted by atomic mass is 10.1. The second kappa shape index (κ2) is 16.2. The quantitative estimate of drug-likeness (QED) is 0.150. The molecular formula is C59H37N9. The van der Waals surface area contributed by atoms with E-state index in [1.54, 1.807) is 0 Å². The van der Waals surface area contributed by atoms with Crippen LogP contribution in [0.15, 0.2) is 224 Å². The van der Waals surface area contributed by atoms with Gasteiger partial charge in [-0.05, 0) is 30.3 Å². The molecule has 9 nitrogen and oxygen atoms in total. The molecule has 13 rings (SSSR count). The first-order valence-electron chi connectivity index (χ1n) is 22.5. The van der Waals surface area contributed by atoms with Crippen molar-refractivity contribution in [3.8, 4) is 80.0 Å². The van der Waals surface area contributed by atoms with Gasteiger partial charge in [0.25, 0.3) is 0 Å². The van der Waals surface area contributed by atoms with Gasteiger partial charge < -0.3 is 0 Å². The molecule has 0 unspecified atom stereocenters. The lowest BCUT2D eigenvalue weighted by Gasteiger charge is -2.14. The highest BCUT2D eigenvalue weighted by Crippen LogP contribution is 2.42. The first-order valence-corrected chi connectivity index (χ1v) is 22.5. The molecule has 5 heterocycles. The van der Waals surface area contributed by atoms with Crippen molar-refractivity contribution >= 4 is 43.6 Å². The molecule has 0 saturated carbocycles. The van der Waals surface area contributed by atoms with Gasteiger partial charge in [0, 0.05) is 54.9 Å². The summed E-state index contributed by atoms with van der Waals surface area (Å²) in [5.41, 5.74) is 10.2. The highest BCUT2D eigenvalue weighted by atomic mass is 15.2. The molecule has 0 aliphatic rings. The number of benzene rings is 8. The van der Waals surface area contributed by atoms with Gasteiger partial charge in [0.15, 0.2) is 29.1 Å². The van der Waals surface area contributed by atoms with Gasteiger partial charge in [-0.25, -0.2) is 24.9 Å². The van der Waals surface area contributed by atoms with E-state index in [0.29, 0.717) is 35.1 Å². The Morgan fingerprint density at radius 2 is 0.632 bits per heavy atom. The van der Waals surface area contributed by atoms with Crippen LogP contribution in [0.2, 0.25) is 0 Å². The van der Waals surface area contributed by atoms with E-state index in [9.17, 15) is 0 Å². The first-order chi connectivity index (χ1) is 33.7. The van der Waals surface area contributed by atoms with Crippen molar-refractivity contribution in [2.24, 2.45) is 0 Å². The summed E-state index contributed by atoms with van der Waals surface area (Å²) in [5, 5.41) is 4.36. The Bertz CT molecular complexity index is 3960. The Balaban J connectivity index is 1.06. The minimum atomic E-state index is 0.485. The Hall–Kier alpha value is -9.47. The van der Waals surface area contributed by atoms with Crippen LogP contribution in [0, 0.1) is 0 Å². The zero-order chi connectivity index (χ0) is 45.0. The molecule has 8 aromatic carbocycles. The summed E-state index contributed by atoms with van der Waals surface area (Å²) in [6.07, 6.45) is 0. The fourth-order valence-electron chi connectivity index (χ4n) is 9.31. The highest BCUT2D eigenvalue weighted by molar-refractivity contribution is 6.23. The maximum atomic E-state index is 5.42. The monoisotopic (exact) mass is 871 g/mol. The van der Waals surface area contributed by atoms with Crippen LogP contribution in [0.3, 0.4) is 0 Å². The molecular weight excluding hydrogens is 835 g/mol. The van der Waals surface area contributed by atoms with E-state index in [2.05, 4.69) is 106 Å². The van der Waals surface area contributed by atoms with Gasteiger partial charge in [-0.1, -0.05) is 194 Å². The van der Waals surface area contributed by atoms with E-state index in [0.717, 1.165) is 88.5 Å². The maximum Gasteiger partial charge on any atom is 0.238 e. The molecule has 318 valence electrons. The van der Waals surface area contributed by atoms with E-state index < -0.39 is 0 Å². The Kier molecular flexibility index (Phi) is 9.28. The van der Waals surface area contributed by atoms with Crippen LogP contribution < -0.4 is 0 Å².